The second-order valence-electron chi connectivity index (χ2n) is 3.73. The van der Waals surface area contributed by atoms with Gasteiger partial charge in [0.2, 0.25) is 6.08 Å². The van der Waals surface area contributed by atoms with Crippen LogP contribution in [0.25, 0.3) is 0 Å². The molecule has 76 valence electrons. The van der Waals surface area contributed by atoms with Crippen molar-refractivity contribution in [3.05, 3.63) is 18.0 Å². The standard InChI is InChI=1S/C10H15N3O/c1-8(2)6-13-10(4-5-12-13)9(3)11-7-14/h4-5,8-9H,6H2,1-3H3. The molecule has 1 heterocycles. The van der Waals surface area contributed by atoms with Crippen LogP contribution in [0.15, 0.2) is 17.3 Å². The quantitative estimate of drug-likeness (QED) is 0.542. The summed E-state index contributed by atoms with van der Waals surface area (Å²) < 4.78 is 1.89. The molecule has 0 spiro atoms. The van der Waals surface area contributed by atoms with Gasteiger partial charge in [-0.05, 0) is 18.9 Å². The molecule has 0 saturated carbocycles. The van der Waals surface area contributed by atoms with Crippen LogP contribution in [0.4, 0.5) is 0 Å². The van der Waals surface area contributed by atoms with E-state index in [1.165, 1.54) is 0 Å². The van der Waals surface area contributed by atoms with E-state index in [1.54, 1.807) is 12.3 Å². The van der Waals surface area contributed by atoms with E-state index in [1.807, 2.05) is 17.7 Å². The molecular formula is C10H15N3O. The Balaban J connectivity index is 2.86. The molecule has 14 heavy (non-hydrogen) atoms. The Morgan fingerprint density at radius 1 is 1.57 bits per heavy atom. The molecule has 0 radical (unpaired) electrons. The van der Waals surface area contributed by atoms with Crippen molar-refractivity contribution in [3.63, 3.8) is 0 Å². The minimum atomic E-state index is -0.159. The van der Waals surface area contributed by atoms with Crippen molar-refractivity contribution in [3.8, 4) is 0 Å². The smallest absolute Gasteiger partial charge is 0.235 e. The lowest BCUT2D eigenvalue weighted by Crippen LogP contribution is -2.10. The first kappa shape index (κ1) is 10.7. The highest BCUT2D eigenvalue weighted by molar-refractivity contribution is 5.34. The molecule has 0 saturated heterocycles. The molecular weight excluding hydrogens is 178 g/mol. The SMILES string of the molecule is CC(C)Cn1nccc1C(C)N=C=O. The van der Waals surface area contributed by atoms with Crippen LogP contribution in [0.2, 0.25) is 0 Å². The van der Waals surface area contributed by atoms with E-state index in [-0.39, 0.29) is 6.04 Å². The number of nitrogens with zero attached hydrogens (tertiary/aromatic N) is 3. The third kappa shape index (κ3) is 2.54. The Morgan fingerprint density at radius 3 is 2.86 bits per heavy atom. The third-order valence-corrected chi connectivity index (χ3v) is 1.96. The maximum atomic E-state index is 10.1. The number of hydrogen-bond acceptors (Lipinski definition) is 3. The maximum absolute atomic E-state index is 10.1. The fraction of sp³-hybridized carbons (Fsp3) is 0.600. The number of isocyanates is 1. The monoisotopic (exact) mass is 193 g/mol. The summed E-state index contributed by atoms with van der Waals surface area (Å²) >= 11 is 0. The molecule has 1 atom stereocenters. The Kier molecular flexibility index (Phi) is 3.60. The largest absolute Gasteiger partial charge is 0.267 e. The van der Waals surface area contributed by atoms with Gasteiger partial charge in [-0.25, -0.2) is 4.79 Å². The Labute approximate surface area is 83.7 Å². The molecule has 0 bridgehead atoms. The van der Waals surface area contributed by atoms with E-state index < -0.39 is 0 Å². The second-order valence-corrected chi connectivity index (χ2v) is 3.73. The predicted octanol–water partition coefficient (Wildman–Crippen LogP) is 1.94. The lowest BCUT2D eigenvalue weighted by molar-refractivity contribution is 0.459. The molecule has 0 amide bonds. The number of aliphatic imine (C=N–C) groups is 1. The van der Waals surface area contributed by atoms with Gasteiger partial charge in [0.05, 0.1) is 5.69 Å². The van der Waals surface area contributed by atoms with Gasteiger partial charge in [0.25, 0.3) is 0 Å². The van der Waals surface area contributed by atoms with Gasteiger partial charge in [0, 0.05) is 12.7 Å². The molecule has 0 aromatic carbocycles. The summed E-state index contributed by atoms with van der Waals surface area (Å²) in [6.07, 6.45) is 3.30. The number of hydrogen-bond donors (Lipinski definition) is 0. The summed E-state index contributed by atoms with van der Waals surface area (Å²) in [5.74, 6) is 0.529. The highest BCUT2D eigenvalue weighted by Crippen LogP contribution is 2.16. The van der Waals surface area contributed by atoms with Gasteiger partial charge in [-0.2, -0.15) is 10.1 Å². The van der Waals surface area contributed by atoms with Crippen molar-refractivity contribution in [2.45, 2.75) is 33.4 Å². The van der Waals surface area contributed by atoms with E-state index >= 15 is 0 Å². The van der Waals surface area contributed by atoms with E-state index in [4.69, 9.17) is 0 Å². The Hall–Kier alpha value is -1.41. The molecule has 1 aromatic heterocycles. The topological polar surface area (TPSA) is 47.2 Å². The average Bonchev–Trinajstić information content (AvgIpc) is 2.51. The zero-order valence-electron chi connectivity index (χ0n) is 8.77. The molecule has 1 aromatic rings. The highest BCUT2D eigenvalue weighted by Gasteiger charge is 2.10. The predicted molar refractivity (Wildman–Crippen MR) is 53.6 cm³/mol. The second kappa shape index (κ2) is 4.72. The van der Waals surface area contributed by atoms with Gasteiger partial charge in [-0.3, -0.25) is 4.68 Å². The van der Waals surface area contributed by atoms with Crippen LogP contribution >= 0.6 is 0 Å². The Bertz CT molecular complexity index is 337. The molecule has 0 N–H and O–H groups in total. The lowest BCUT2D eigenvalue weighted by atomic mass is 10.2. The van der Waals surface area contributed by atoms with Crippen LogP contribution in [0, 0.1) is 5.92 Å². The molecule has 0 aliphatic heterocycles. The highest BCUT2D eigenvalue weighted by atomic mass is 16.1. The van der Waals surface area contributed by atoms with E-state index in [0.717, 1.165) is 12.2 Å². The first-order valence-electron chi connectivity index (χ1n) is 4.73. The van der Waals surface area contributed by atoms with Crippen molar-refractivity contribution in [1.29, 1.82) is 0 Å². The first-order valence-corrected chi connectivity index (χ1v) is 4.73. The van der Waals surface area contributed by atoms with Crippen LogP contribution in [0.1, 0.15) is 32.5 Å². The summed E-state index contributed by atoms with van der Waals surface area (Å²) in [6, 6.07) is 1.72. The van der Waals surface area contributed by atoms with Gasteiger partial charge < -0.3 is 0 Å². The zero-order valence-corrected chi connectivity index (χ0v) is 8.77. The lowest BCUT2D eigenvalue weighted by Gasteiger charge is -2.11. The molecule has 0 aliphatic carbocycles. The van der Waals surface area contributed by atoms with Crippen LogP contribution < -0.4 is 0 Å². The first-order chi connectivity index (χ1) is 6.65. The summed E-state index contributed by atoms with van der Waals surface area (Å²) in [6.45, 7) is 6.96. The van der Waals surface area contributed by atoms with Gasteiger partial charge >= 0.3 is 0 Å². The van der Waals surface area contributed by atoms with Crippen LogP contribution in [0.3, 0.4) is 0 Å². The number of aromatic nitrogens is 2. The molecule has 1 unspecified atom stereocenters. The summed E-state index contributed by atoms with van der Waals surface area (Å²) in [7, 11) is 0. The maximum Gasteiger partial charge on any atom is 0.235 e. The van der Waals surface area contributed by atoms with Crippen molar-refractivity contribution in [1.82, 2.24) is 9.78 Å². The zero-order chi connectivity index (χ0) is 10.6. The molecule has 4 nitrogen and oxygen atoms in total. The number of carbonyl (C=O) groups excluding carboxylic acids is 1. The van der Waals surface area contributed by atoms with Gasteiger partial charge in [-0.1, -0.05) is 13.8 Å². The summed E-state index contributed by atoms with van der Waals surface area (Å²) in [5, 5.41) is 4.19. The van der Waals surface area contributed by atoms with Crippen molar-refractivity contribution >= 4 is 6.08 Å². The summed E-state index contributed by atoms with van der Waals surface area (Å²) in [4.78, 5) is 13.8. The van der Waals surface area contributed by atoms with Crippen molar-refractivity contribution in [2.24, 2.45) is 10.9 Å². The van der Waals surface area contributed by atoms with Gasteiger partial charge in [0.15, 0.2) is 0 Å². The normalized spacial score (nSPS) is 12.6. The van der Waals surface area contributed by atoms with E-state index in [0.29, 0.717) is 5.92 Å². The minimum absolute atomic E-state index is 0.159. The van der Waals surface area contributed by atoms with E-state index in [9.17, 15) is 4.79 Å². The van der Waals surface area contributed by atoms with Gasteiger partial charge in [0.1, 0.15) is 6.04 Å². The van der Waals surface area contributed by atoms with Crippen LogP contribution in [-0.4, -0.2) is 15.9 Å². The van der Waals surface area contributed by atoms with Crippen molar-refractivity contribution in [2.75, 3.05) is 0 Å². The number of rotatable bonds is 4. The minimum Gasteiger partial charge on any atom is -0.267 e. The fourth-order valence-electron chi connectivity index (χ4n) is 1.34. The Morgan fingerprint density at radius 2 is 2.29 bits per heavy atom. The fourth-order valence-corrected chi connectivity index (χ4v) is 1.34. The molecule has 4 heteroatoms. The van der Waals surface area contributed by atoms with Crippen LogP contribution in [0.5, 0.6) is 0 Å². The third-order valence-electron chi connectivity index (χ3n) is 1.96. The van der Waals surface area contributed by atoms with Crippen LogP contribution in [-0.2, 0) is 11.3 Å². The molecule has 1 rings (SSSR count). The van der Waals surface area contributed by atoms with Gasteiger partial charge in [-0.15, -0.1) is 0 Å². The van der Waals surface area contributed by atoms with Crippen molar-refractivity contribution < 1.29 is 4.79 Å². The molecule has 0 aliphatic rings. The molecule has 0 fully saturated rings. The average molecular weight is 193 g/mol. The summed E-state index contributed by atoms with van der Waals surface area (Å²) in [5.41, 5.74) is 0.960. The van der Waals surface area contributed by atoms with E-state index in [2.05, 4.69) is 23.9 Å².